The highest BCUT2D eigenvalue weighted by Crippen LogP contribution is 2.40. The molecule has 0 amide bonds. The molecule has 3 nitrogen and oxygen atoms in total. The van der Waals surface area contributed by atoms with Gasteiger partial charge >= 0.3 is 0 Å². The quantitative estimate of drug-likeness (QED) is 0.852. The van der Waals surface area contributed by atoms with E-state index in [2.05, 4.69) is 0 Å². The number of rotatable bonds is 2. The van der Waals surface area contributed by atoms with E-state index in [1.54, 1.807) is 0 Å². The Bertz CT molecular complexity index is 535. The fourth-order valence-electron chi connectivity index (χ4n) is 3.28. The molecule has 2 saturated heterocycles. The molecule has 2 aliphatic rings. The summed E-state index contributed by atoms with van der Waals surface area (Å²) in [6, 6.07) is 1.52. The second-order valence-corrected chi connectivity index (χ2v) is 6.31. The summed E-state index contributed by atoms with van der Waals surface area (Å²) in [6.07, 6.45) is 2.26. The van der Waals surface area contributed by atoms with E-state index in [1.165, 1.54) is 0 Å². The van der Waals surface area contributed by atoms with E-state index in [0.717, 1.165) is 25.0 Å². The monoisotopic (exact) mass is 317 g/mol. The summed E-state index contributed by atoms with van der Waals surface area (Å²) < 4.78 is 38.9. The minimum atomic E-state index is -0.644. The molecule has 1 aromatic rings. The van der Waals surface area contributed by atoms with Crippen LogP contribution in [0.3, 0.4) is 0 Å². The first kappa shape index (κ1) is 15.2. The molecule has 1 aromatic carbocycles. The summed E-state index contributed by atoms with van der Waals surface area (Å²) in [5.41, 5.74) is 6.07. The zero-order chi connectivity index (χ0) is 15.0. The van der Waals surface area contributed by atoms with Gasteiger partial charge in [-0.15, -0.1) is 0 Å². The van der Waals surface area contributed by atoms with Crippen LogP contribution in [0.25, 0.3) is 0 Å². The lowest BCUT2D eigenvalue weighted by atomic mass is 9.79. The predicted octanol–water partition coefficient (Wildman–Crippen LogP) is 3.20. The molecule has 0 aliphatic carbocycles. The van der Waals surface area contributed by atoms with E-state index in [1.807, 2.05) is 0 Å². The molecule has 21 heavy (non-hydrogen) atoms. The Kier molecular flexibility index (Phi) is 4.19. The molecule has 116 valence electrons. The maximum absolute atomic E-state index is 14.0. The average Bonchev–Trinajstić information content (AvgIpc) is 2.90. The van der Waals surface area contributed by atoms with Crippen LogP contribution in [0.4, 0.5) is 8.78 Å². The molecule has 2 N–H and O–H groups in total. The molecular formula is C15H18ClF2NO2. The van der Waals surface area contributed by atoms with Gasteiger partial charge in [0.25, 0.3) is 0 Å². The van der Waals surface area contributed by atoms with Gasteiger partial charge in [0, 0.05) is 31.2 Å². The number of hydrogen-bond acceptors (Lipinski definition) is 3. The first-order valence-electron chi connectivity index (χ1n) is 7.12. The largest absolute Gasteiger partial charge is 0.378 e. The minimum absolute atomic E-state index is 0.0375. The molecule has 2 heterocycles. The van der Waals surface area contributed by atoms with Crippen molar-refractivity contribution in [1.82, 2.24) is 0 Å². The molecular weight excluding hydrogens is 300 g/mol. The van der Waals surface area contributed by atoms with Crippen LogP contribution in [0, 0.1) is 17.6 Å². The number of hydrogen-bond donors (Lipinski definition) is 1. The molecule has 0 radical (unpaired) electrons. The van der Waals surface area contributed by atoms with Crippen LogP contribution in [0.5, 0.6) is 0 Å². The first-order valence-corrected chi connectivity index (χ1v) is 7.50. The summed E-state index contributed by atoms with van der Waals surface area (Å²) in [5.74, 6) is -1.16. The van der Waals surface area contributed by atoms with Gasteiger partial charge in [-0.2, -0.15) is 0 Å². The van der Waals surface area contributed by atoms with Crippen molar-refractivity contribution < 1.29 is 18.3 Å². The topological polar surface area (TPSA) is 44.5 Å². The second-order valence-electron chi connectivity index (χ2n) is 5.90. The number of benzene rings is 1. The number of nitrogens with two attached hydrogens (primary N) is 1. The lowest BCUT2D eigenvalue weighted by Crippen LogP contribution is -2.43. The predicted molar refractivity (Wildman–Crippen MR) is 75.1 cm³/mol. The van der Waals surface area contributed by atoms with Crippen molar-refractivity contribution in [3.63, 3.8) is 0 Å². The third-order valence-corrected chi connectivity index (χ3v) is 4.79. The molecule has 2 fully saturated rings. The maximum Gasteiger partial charge on any atom is 0.142 e. The van der Waals surface area contributed by atoms with E-state index >= 15 is 0 Å². The van der Waals surface area contributed by atoms with E-state index < -0.39 is 17.7 Å². The van der Waals surface area contributed by atoms with Crippen molar-refractivity contribution in [3.05, 3.63) is 34.4 Å². The van der Waals surface area contributed by atoms with Crippen LogP contribution in [0.1, 0.15) is 30.9 Å². The van der Waals surface area contributed by atoms with Crippen molar-refractivity contribution in [3.8, 4) is 0 Å². The highest BCUT2D eigenvalue weighted by Gasteiger charge is 2.43. The average molecular weight is 318 g/mol. The summed E-state index contributed by atoms with van der Waals surface area (Å²) >= 11 is 5.58. The lowest BCUT2D eigenvalue weighted by molar-refractivity contribution is -0.101. The van der Waals surface area contributed by atoms with E-state index in [4.69, 9.17) is 26.8 Å². The Hall–Kier alpha value is -0.750. The minimum Gasteiger partial charge on any atom is -0.378 e. The van der Waals surface area contributed by atoms with Crippen molar-refractivity contribution in [2.24, 2.45) is 11.7 Å². The summed E-state index contributed by atoms with van der Waals surface area (Å²) in [5, 5.41) is -0.226. The molecule has 1 spiro atoms. The lowest BCUT2D eigenvalue weighted by Gasteiger charge is -2.39. The van der Waals surface area contributed by atoms with Gasteiger partial charge in [-0.3, -0.25) is 0 Å². The highest BCUT2D eigenvalue weighted by molar-refractivity contribution is 6.30. The van der Waals surface area contributed by atoms with Crippen molar-refractivity contribution in [1.29, 1.82) is 0 Å². The SMILES string of the molecule is NC(c1cc(F)c(Cl)cc1F)C1CCOC2(CCOC2)C1. The van der Waals surface area contributed by atoms with E-state index in [9.17, 15) is 8.78 Å². The van der Waals surface area contributed by atoms with Crippen molar-refractivity contribution >= 4 is 11.6 Å². The zero-order valence-electron chi connectivity index (χ0n) is 11.6. The Morgan fingerprint density at radius 3 is 2.81 bits per heavy atom. The molecule has 0 saturated carbocycles. The summed E-state index contributed by atoms with van der Waals surface area (Å²) in [6.45, 7) is 1.79. The fourth-order valence-corrected chi connectivity index (χ4v) is 3.43. The van der Waals surface area contributed by atoms with Crippen LogP contribution < -0.4 is 5.73 Å². The Labute approximate surface area is 127 Å². The van der Waals surface area contributed by atoms with Gasteiger partial charge < -0.3 is 15.2 Å². The first-order chi connectivity index (χ1) is 10.0. The smallest absolute Gasteiger partial charge is 0.142 e. The van der Waals surface area contributed by atoms with E-state index in [0.29, 0.717) is 26.2 Å². The van der Waals surface area contributed by atoms with Crippen LogP contribution in [-0.2, 0) is 9.47 Å². The Balaban J connectivity index is 1.81. The van der Waals surface area contributed by atoms with E-state index in [-0.39, 0.29) is 22.1 Å². The maximum atomic E-state index is 14.0. The summed E-state index contributed by atoms with van der Waals surface area (Å²) in [7, 11) is 0. The van der Waals surface area contributed by atoms with Crippen LogP contribution in [0.2, 0.25) is 5.02 Å². The summed E-state index contributed by atoms with van der Waals surface area (Å²) in [4.78, 5) is 0. The number of halogens is 3. The Morgan fingerprint density at radius 2 is 2.10 bits per heavy atom. The highest BCUT2D eigenvalue weighted by atomic mass is 35.5. The van der Waals surface area contributed by atoms with Gasteiger partial charge in [0.15, 0.2) is 0 Å². The molecule has 0 bridgehead atoms. The van der Waals surface area contributed by atoms with Crippen molar-refractivity contribution in [2.45, 2.75) is 30.9 Å². The van der Waals surface area contributed by atoms with Gasteiger partial charge in [-0.1, -0.05) is 11.6 Å². The molecule has 6 heteroatoms. The molecule has 3 atom stereocenters. The van der Waals surface area contributed by atoms with Gasteiger partial charge in [0.1, 0.15) is 11.6 Å². The Morgan fingerprint density at radius 1 is 1.29 bits per heavy atom. The number of ether oxygens (including phenoxy) is 2. The van der Waals surface area contributed by atoms with Crippen LogP contribution >= 0.6 is 11.6 Å². The third-order valence-electron chi connectivity index (χ3n) is 4.50. The normalized spacial score (nSPS) is 30.8. The standard InChI is InChI=1S/C15H18ClF2NO2/c16-11-6-12(17)10(5-13(11)18)14(19)9-1-3-21-15(7-9)2-4-20-8-15/h5-6,9,14H,1-4,7-8,19H2. The molecule has 2 aliphatic heterocycles. The zero-order valence-corrected chi connectivity index (χ0v) is 12.3. The third kappa shape index (κ3) is 2.93. The van der Waals surface area contributed by atoms with Gasteiger partial charge in [0.05, 0.1) is 17.2 Å². The molecule has 3 rings (SSSR count). The second kappa shape index (κ2) is 5.80. The molecule has 3 unspecified atom stereocenters. The van der Waals surface area contributed by atoms with Gasteiger partial charge in [0.2, 0.25) is 0 Å². The molecule has 0 aromatic heterocycles. The van der Waals surface area contributed by atoms with Gasteiger partial charge in [-0.05, 0) is 30.9 Å². The fraction of sp³-hybridized carbons (Fsp3) is 0.600. The van der Waals surface area contributed by atoms with Crippen molar-refractivity contribution in [2.75, 3.05) is 19.8 Å². The van der Waals surface area contributed by atoms with Crippen LogP contribution in [0.15, 0.2) is 12.1 Å². The van der Waals surface area contributed by atoms with Crippen LogP contribution in [-0.4, -0.2) is 25.4 Å². The van der Waals surface area contributed by atoms with Gasteiger partial charge in [-0.25, -0.2) is 8.78 Å².